The number of hydrogen-bond donors (Lipinski definition) is 1. The van der Waals surface area contributed by atoms with Gasteiger partial charge < -0.3 is 4.42 Å². The van der Waals surface area contributed by atoms with E-state index in [1.807, 2.05) is 55.5 Å². The quantitative estimate of drug-likeness (QED) is 0.483. The first-order chi connectivity index (χ1) is 11.7. The van der Waals surface area contributed by atoms with E-state index in [4.69, 9.17) is 23.1 Å². The highest BCUT2D eigenvalue weighted by atomic mass is 35.7. The van der Waals surface area contributed by atoms with Gasteiger partial charge in [-0.2, -0.15) is 4.99 Å². The zero-order valence-corrected chi connectivity index (χ0v) is 13.9. The van der Waals surface area contributed by atoms with Gasteiger partial charge in [-0.15, -0.1) is 10.2 Å². The van der Waals surface area contributed by atoms with E-state index in [9.17, 15) is 4.79 Å². The number of amides is 1. The highest BCUT2D eigenvalue weighted by molar-refractivity contribution is 5.86. The zero-order valence-electron chi connectivity index (χ0n) is 13.1. The van der Waals surface area contributed by atoms with Gasteiger partial charge in [-0.25, -0.2) is 23.4 Å². The van der Waals surface area contributed by atoms with E-state index in [1.54, 1.807) is 12.1 Å². The molecule has 0 aliphatic rings. The van der Waals surface area contributed by atoms with Crippen LogP contribution in [0.25, 0.3) is 11.0 Å². The van der Waals surface area contributed by atoms with E-state index in [2.05, 4.69) is 4.99 Å². The molecule has 7 nitrogen and oxygen atoms in total. The third-order valence-corrected chi connectivity index (χ3v) is 3.08. The van der Waals surface area contributed by atoms with Gasteiger partial charge in [-0.1, -0.05) is 30.3 Å². The summed E-state index contributed by atoms with van der Waals surface area (Å²) in [6.45, 7) is 1.87. The average Bonchev–Trinajstić information content (AvgIpc) is 2.54. The van der Waals surface area contributed by atoms with Gasteiger partial charge in [0.2, 0.25) is 5.36 Å². The molecule has 0 spiro atoms. The zero-order chi connectivity index (χ0) is 18.4. The lowest BCUT2D eigenvalue weighted by Crippen LogP contribution is -2.80. The third kappa shape index (κ3) is 6.11. The number of benzene rings is 2. The molecule has 0 bridgehead atoms. The predicted octanol–water partition coefficient (Wildman–Crippen LogP) is -3.19. The van der Waals surface area contributed by atoms with Crippen LogP contribution in [0.4, 0.5) is 0 Å². The van der Waals surface area contributed by atoms with E-state index in [0.29, 0.717) is 5.56 Å². The summed E-state index contributed by atoms with van der Waals surface area (Å²) in [5.74, 6) is 0.633. The Labute approximate surface area is 144 Å². The second-order valence-corrected chi connectivity index (χ2v) is 5.72. The molecule has 1 heterocycles. The monoisotopic (exact) mass is 363 g/mol. The topological polar surface area (TPSA) is 136 Å². The molecule has 3 aromatic rings. The van der Waals surface area contributed by atoms with Crippen molar-refractivity contribution in [1.82, 2.24) is 0 Å². The smallest absolute Gasteiger partial charge is 0.418 e. The van der Waals surface area contributed by atoms with Crippen molar-refractivity contribution in [3.63, 3.8) is 0 Å². The Kier molecular flexibility index (Phi) is 6.02. The minimum Gasteiger partial charge on any atom is -0.461 e. The number of fused-ring (bicyclic) bond motifs is 1. The second-order valence-electron chi connectivity index (χ2n) is 4.96. The molecular formula is C17H14ClNO6. The number of para-hydroxylation sites is 1. The maximum absolute atomic E-state index is 12.2. The van der Waals surface area contributed by atoms with Crippen LogP contribution < -0.4 is 29.0 Å². The number of carbonyl (C=O) groups excluding carboxylic acids is 1. The van der Waals surface area contributed by atoms with Crippen LogP contribution in [0.3, 0.4) is 0 Å². The molecule has 2 aromatic carbocycles. The maximum Gasteiger partial charge on any atom is 0.418 e. The minimum absolute atomic E-state index is 0.124. The van der Waals surface area contributed by atoms with Crippen LogP contribution in [0.5, 0.6) is 0 Å². The SMILES string of the molecule is Cc1cc(=[NH+]C(=O)c2ccccc2)c2ccccc2o1.[O-][Cl+3]([O-])([O-])[O-]. The van der Waals surface area contributed by atoms with Crippen LogP contribution >= 0.6 is 0 Å². The molecule has 0 aliphatic heterocycles. The highest BCUT2D eigenvalue weighted by Crippen LogP contribution is 2.09. The molecule has 3 rings (SSSR count). The van der Waals surface area contributed by atoms with Gasteiger partial charge in [0.1, 0.15) is 11.3 Å². The summed E-state index contributed by atoms with van der Waals surface area (Å²) in [6, 6.07) is 18.6. The minimum atomic E-state index is -4.94. The fourth-order valence-electron chi connectivity index (χ4n) is 2.15. The van der Waals surface area contributed by atoms with Gasteiger partial charge in [0.25, 0.3) is 0 Å². The molecule has 0 unspecified atom stereocenters. The second kappa shape index (κ2) is 8.02. The van der Waals surface area contributed by atoms with Crippen LogP contribution in [-0.2, 0) is 0 Å². The Hall–Kier alpha value is -2.55. The molecule has 0 fully saturated rings. The largest absolute Gasteiger partial charge is 0.461 e. The van der Waals surface area contributed by atoms with E-state index < -0.39 is 10.2 Å². The molecule has 8 heteroatoms. The fraction of sp³-hybridized carbons (Fsp3) is 0.0588. The van der Waals surface area contributed by atoms with Crippen LogP contribution in [0, 0.1) is 17.2 Å². The molecule has 0 saturated heterocycles. The van der Waals surface area contributed by atoms with Crippen molar-refractivity contribution >= 4 is 16.9 Å². The van der Waals surface area contributed by atoms with Crippen molar-refractivity contribution in [1.29, 1.82) is 0 Å². The Bertz CT molecular complexity index is 925. The summed E-state index contributed by atoms with van der Waals surface area (Å²) in [7, 11) is -4.94. The Morgan fingerprint density at radius 1 is 0.960 bits per heavy atom. The molecule has 1 amide bonds. The molecule has 0 aliphatic carbocycles. The summed E-state index contributed by atoms with van der Waals surface area (Å²) in [4.78, 5) is 15.2. The Morgan fingerprint density at radius 3 is 2.16 bits per heavy atom. The predicted molar refractivity (Wildman–Crippen MR) is 75.8 cm³/mol. The van der Waals surface area contributed by atoms with E-state index in [1.165, 1.54) is 0 Å². The van der Waals surface area contributed by atoms with Gasteiger partial charge in [0.15, 0.2) is 0 Å². The number of nitrogens with one attached hydrogen (secondary N) is 1. The standard InChI is InChI=1S/C17H13NO2.ClHO4/c1-12-11-15(14-9-5-6-10-16(14)20-12)18-17(19)13-7-3-2-4-8-13;2-1(3,4)5/h2-11H,1H3;(H,2,3,4,5). The lowest BCUT2D eigenvalue weighted by molar-refractivity contribution is -2.00. The molecule has 0 radical (unpaired) electrons. The number of aryl methyl sites for hydroxylation is 1. The Balaban J connectivity index is 0.000000399. The lowest BCUT2D eigenvalue weighted by Gasteiger charge is -2.17. The number of rotatable bonds is 1. The van der Waals surface area contributed by atoms with Crippen molar-refractivity contribution in [2.24, 2.45) is 0 Å². The molecule has 0 saturated carbocycles. The first-order valence-corrected chi connectivity index (χ1v) is 8.28. The fourth-order valence-corrected chi connectivity index (χ4v) is 2.15. The first kappa shape index (κ1) is 18.8. The maximum atomic E-state index is 12.2. The van der Waals surface area contributed by atoms with Crippen LogP contribution in [0.15, 0.2) is 65.1 Å². The summed E-state index contributed by atoms with van der Waals surface area (Å²) >= 11 is 0. The third-order valence-electron chi connectivity index (χ3n) is 3.08. The van der Waals surface area contributed by atoms with Gasteiger partial charge in [0.05, 0.1) is 10.9 Å². The van der Waals surface area contributed by atoms with Crippen LogP contribution in [0.1, 0.15) is 16.1 Å². The summed E-state index contributed by atoms with van der Waals surface area (Å²) in [5, 5.41) is 1.65. The van der Waals surface area contributed by atoms with Crippen LogP contribution in [0.2, 0.25) is 0 Å². The highest BCUT2D eigenvalue weighted by Gasteiger charge is 2.11. The molecular weight excluding hydrogens is 350 g/mol. The van der Waals surface area contributed by atoms with E-state index in [-0.39, 0.29) is 5.91 Å². The Morgan fingerprint density at radius 2 is 1.52 bits per heavy atom. The lowest BCUT2D eigenvalue weighted by atomic mass is 10.2. The van der Waals surface area contributed by atoms with E-state index >= 15 is 0 Å². The average molecular weight is 364 g/mol. The summed E-state index contributed by atoms with van der Waals surface area (Å²) in [5.41, 5.74) is 1.39. The van der Waals surface area contributed by atoms with Crippen molar-refractivity contribution in [2.45, 2.75) is 6.92 Å². The van der Waals surface area contributed by atoms with Crippen LogP contribution in [-0.4, -0.2) is 5.91 Å². The number of carbonyl (C=O) groups is 1. The first-order valence-electron chi connectivity index (χ1n) is 7.04. The van der Waals surface area contributed by atoms with Crippen molar-refractivity contribution in [3.05, 3.63) is 77.3 Å². The molecule has 25 heavy (non-hydrogen) atoms. The molecule has 1 N–H and O–H groups in total. The van der Waals surface area contributed by atoms with Gasteiger partial charge >= 0.3 is 5.91 Å². The van der Waals surface area contributed by atoms with E-state index in [0.717, 1.165) is 22.1 Å². The molecule has 1 aromatic heterocycles. The van der Waals surface area contributed by atoms with Gasteiger partial charge in [-0.05, 0) is 31.2 Å². The molecule has 0 atom stereocenters. The summed E-state index contributed by atoms with van der Waals surface area (Å²) in [6.07, 6.45) is 0. The van der Waals surface area contributed by atoms with Crippen molar-refractivity contribution < 1.29 is 43.1 Å². The molecule has 130 valence electrons. The van der Waals surface area contributed by atoms with Gasteiger partial charge in [-0.3, -0.25) is 0 Å². The van der Waals surface area contributed by atoms with Crippen molar-refractivity contribution in [3.8, 4) is 0 Å². The summed E-state index contributed by atoms with van der Waals surface area (Å²) < 4.78 is 39.6. The van der Waals surface area contributed by atoms with Gasteiger partial charge in [0, 0.05) is 6.07 Å². The number of halogens is 1. The normalized spacial score (nSPS) is 11.8. The van der Waals surface area contributed by atoms with Crippen molar-refractivity contribution in [2.75, 3.05) is 0 Å². The number of hydrogen-bond acceptors (Lipinski definition) is 6.